The van der Waals surface area contributed by atoms with Crippen molar-refractivity contribution in [2.75, 3.05) is 19.6 Å². The molecule has 74 valence electrons. The molecule has 0 saturated carbocycles. The van der Waals surface area contributed by atoms with Crippen LogP contribution in [-0.4, -0.2) is 57.8 Å². The van der Waals surface area contributed by atoms with E-state index in [-0.39, 0.29) is 148 Å². The molecular weight excluding hydrogens is 297 g/mol. The van der Waals surface area contributed by atoms with E-state index in [0.717, 1.165) is 4.90 Å². The first-order valence-electron chi connectivity index (χ1n) is 3.29. The van der Waals surface area contributed by atoms with Crippen LogP contribution >= 0.6 is 0 Å². The van der Waals surface area contributed by atoms with Gasteiger partial charge in [0.05, 0.1) is 19.6 Å². The van der Waals surface area contributed by atoms with Crippen LogP contribution in [0.2, 0.25) is 0 Å². The van der Waals surface area contributed by atoms with Gasteiger partial charge in [-0.2, -0.15) is 0 Å². The second kappa shape index (κ2) is 22.6. The average Bonchev–Trinajstić information content (AvgIpc) is 1.80. The molecule has 0 heterocycles. The zero-order valence-electron chi connectivity index (χ0n) is 11.6. The summed E-state index contributed by atoms with van der Waals surface area (Å²) in [4.78, 5) is 31.2. The summed E-state index contributed by atoms with van der Waals surface area (Å²) in [7, 11) is 0. The first kappa shape index (κ1) is 37.5. The minimum Gasteiger partial charge on any atom is -0.480 e. The molecule has 0 aromatic rings. The maximum Gasteiger partial charge on any atom is 1.00 e. The van der Waals surface area contributed by atoms with E-state index in [4.69, 9.17) is 15.3 Å². The molecule has 0 saturated heterocycles. The molecule has 0 aromatic heterocycles. The van der Waals surface area contributed by atoms with Gasteiger partial charge >= 0.3 is 166 Å². The Kier molecular flexibility index (Phi) is 47.2. The fraction of sp³-hybridized carbons (Fsp3) is 0.500. The molecule has 3 N–H and O–H groups in total. The van der Waals surface area contributed by atoms with E-state index >= 15 is 0 Å². The Morgan fingerprint density at radius 1 is 0.611 bits per heavy atom. The van der Waals surface area contributed by atoms with Crippen molar-refractivity contribution in [1.29, 1.82) is 0 Å². The van der Waals surface area contributed by atoms with Gasteiger partial charge in [0.15, 0.2) is 0 Å². The number of carboxylic acid groups (broad SMARTS) is 3. The summed E-state index contributed by atoms with van der Waals surface area (Å²) in [6, 6.07) is 0. The van der Waals surface area contributed by atoms with Crippen molar-refractivity contribution < 1.29 is 177 Å². The molecule has 0 spiro atoms. The zero-order chi connectivity index (χ0) is 10.4. The molecule has 0 amide bonds. The van der Waals surface area contributed by atoms with E-state index in [9.17, 15) is 14.4 Å². The topological polar surface area (TPSA) is 115 Å². The van der Waals surface area contributed by atoms with E-state index in [0.29, 0.717) is 0 Å². The number of hydrogen-bond donors (Lipinski definition) is 3. The SMILES string of the molecule is O=C(O)CN(CC(=O)O)CC(=O)O.[Na+].[Na+].[Na+].[Na+].[Na+]. The molecule has 12 heteroatoms. The zero-order valence-corrected chi connectivity index (χ0v) is 21.6. The fourth-order valence-corrected chi connectivity index (χ4v) is 0.742. The monoisotopic (exact) mass is 306 g/mol. The van der Waals surface area contributed by atoms with Crippen LogP contribution in [-0.2, 0) is 14.4 Å². The predicted octanol–water partition coefficient (Wildman–Crippen LogP) is -16.4. The van der Waals surface area contributed by atoms with Crippen LogP contribution in [0.5, 0.6) is 0 Å². The molecule has 0 aliphatic heterocycles. The molecule has 0 fully saturated rings. The Balaban J connectivity index is -0.0000000720. The Labute approximate surface area is 215 Å². The van der Waals surface area contributed by atoms with E-state index in [1.165, 1.54) is 0 Å². The second-order valence-corrected chi connectivity index (χ2v) is 2.33. The van der Waals surface area contributed by atoms with Crippen LogP contribution in [0.3, 0.4) is 0 Å². The fourth-order valence-electron chi connectivity index (χ4n) is 0.742. The minimum absolute atomic E-state index is 0. The van der Waals surface area contributed by atoms with Gasteiger partial charge in [-0.1, -0.05) is 0 Å². The van der Waals surface area contributed by atoms with E-state index in [2.05, 4.69) is 0 Å². The van der Waals surface area contributed by atoms with Gasteiger partial charge in [0, 0.05) is 0 Å². The number of carboxylic acids is 3. The van der Waals surface area contributed by atoms with Gasteiger partial charge < -0.3 is 15.3 Å². The van der Waals surface area contributed by atoms with Gasteiger partial charge in [-0.3, -0.25) is 19.3 Å². The van der Waals surface area contributed by atoms with Crippen LogP contribution < -0.4 is 148 Å². The summed E-state index contributed by atoms with van der Waals surface area (Å²) in [6.45, 7) is -1.80. The van der Waals surface area contributed by atoms with E-state index < -0.39 is 37.5 Å². The largest absolute Gasteiger partial charge is 1.00 e. The number of carbonyl (C=O) groups is 3. The molecule has 7 nitrogen and oxygen atoms in total. The van der Waals surface area contributed by atoms with Crippen molar-refractivity contribution in [3.63, 3.8) is 0 Å². The third-order valence-corrected chi connectivity index (χ3v) is 1.08. The van der Waals surface area contributed by atoms with E-state index in [1.807, 2.05) is 0 Å². The van der Waals surface area contributed by atoms with Crippen LogP contribution in [0.1, 0.15) is 0 Å². The summed E-state index contributed by atoms with van der Waals surface area (Å²) >= 11 is 0. The van der Waals surface area contributed by atoms with Crippen LogP contribution in [0.4, 0.5) is 0 Å². The van der Waals surface area contributed by atoms with Gasteiger partial charge in [-0.05, 0) is 0 Å². The average molecular weight is 306 g/mol. The number of hydrogen-bond acceptors (Lipinski definition) is 4. The van der Waals surface area contributed by atoms with Gasteiger partial charge in [-0.25, -0.2) is 0 Å². The Morgan fingerprint density at radius 3 is 0.889 bits per heavy atom. The maximum atomic E-state index is 10.1. The molecule has 0 bridgehead atoms. The predicted molar refractivity (Wildman–Crippen MR) is 39.3 cm³/mol. The number of nitrogens with zero attached hydrogens (tertiary/aromatic N) is 1. The third kappa shape index (κ3) is 27.7. The molecule has 0 unspecified atom stereocenters. The normalized spacial score (nSPS) is 7.17. The first-order valence-corrected chi connectivity index (χ1v) is 3.29. The maximum absolute atomic E-state index is 10.1. The number of aliphatic carboxylic acids is 3. The molecule has 0 aromatic carbocycles. The molecule has 0 rings (SSSR count). The van der Waals surface area contributed by atoms with Crippen molar-refractivity contribution in [3.05, 3.63) is 0 Å². The first-order chi connectivity index (χ1) is 5.91. The number of rotatable bonds is 6. The summed E-state index contributed by atoms with van der Waals surface area (Å²) in [5, 5.41) is 24.8. The molecule has 0 aliphatic carbocycles. The smallest absolute Gasteiger partial charge is 0.480 e. The van der Waals surface area contributed by atoms with Crippen molar-refractivity contribution in [2.45, 2.75) is 0 Å². The standard InChI is InChI=1S/C6H9NO6.5Na/c8-4(9)1-7(2-5(10)11)3-6(12)13;;;;;/h1-3H2,(H,8,9)(H,10,11)(H,12,13);;;;;/q;5*+1. The molecule has 0 aliphatic rings. The summed E-state index contributed by atoms with van der Waals surface area (Å²) in [6.07, 6.45) is 0. The van der Waals surface area contributed by atoms with Crippen molar-refractivity contribution in [2.24, 2.45) is 0 Å². The molecule has 18 heavy (non-hydrogen) atoms. The minimum atomic E-state index is -1.26. The van der Waals surface area contributed by atoms with Crippen LogP contribution in [0, 0.1) is 0 Å². The van der Waals surface area contributed by atoms with Crippen LogP contribution in [0.15, 0.2) is 0 Å². The molecular formula is C6H9NNa5O6+5. The summed E-state index contributed by atoms with van der Waals surface area (Å²) in [5.74, 6) is -3.78. The molecule has 0 atom stereocenters. The summed E-state index contributed by atoms with van der Waals surface area (Å²) < 4.78 is 0. The third-order valence-electron chi connectivity index (χ3n) is 1.08. The Hall–Kier alpha value is 3.37. The van der Waals surface area contributed by atoms with Gasteiger partial charge in [0.25, 0.3) is 0 Å². The second-order valence-electron chi connectivity index (χ2n) is 2.33. The van der Waals surface area contributed by atoms with Crippen molar-refractivity contribution in [1.82, 2.24) is 4.90 Å². The van der Waals surface area contributed by atoms with Gasteiger partial charge in [-0.15, -0.1) is 0 Å². The van der Waals surface area contributed by atoms with E-state index in [1.54, 1.807) is 0 Å². The van der Waals surface area contributed by atoms with Gasteiger partial charge in [0.1, 0.15) is 0 Å². The molecule has 0 radical (unpaired) electrons. The summed E-state index contributed by atoms with van der Waals surface area (Å²) in [5.41, 5.74) is 0. The quantitative estimate of drug-likeness (QED) is 0.417. The Bertz CT molecular complexity index is 202. The van der Waals surface area contributed by atoms with Crippen molar-refractivity contribution in [3.8, 4) is 0 Å². The van der Waals surface area contributed by atoms with Gasteiger partial charge in [0.2, 0.25) is 0 Å². The van der Waals surface area contributed by atoms with Crippen LogP contribution in [0.25, 0.3) is 0 Å². The Morgan fingerprint density at radius 2 is 0.778 bits per heavy atom. The van der Waals surface area contributed by atoms with Crippen molar-refractivity contribution >= 4 is 17.9 Å².